The second-order valence-electron chi connectivity index (χ2n) is 3.64. The van der Waals surface area contributed by atoms with Crippen molar-refractivity contribution in [2.75, 3.05) is 0 Å². The van der Waals surface area contributed by atoms with E-state index in [0.29, 0.717) is 0 Å². The van der Waals surface area contributed by atoms with E-state index in [2.05, 4.69) is 60.7 Å². The molecule has 0 unspecified atom stereocenters. The largest absolute Gasteiger partial charge is 0.357 e. The molecule has 20 heavy (non-hydrogen) atoms. The molecule has 0 aliphatic rings. The van der Waals surface area contributed by atoms with Gasteiger partial charge in [-0.15, -0.1) is 0 Å². The maximum Gasteiger partial charge on any atom is 0.357 e. The maximum atomic E-state index is 9.91. The number of rotatable bonds is 2. The third-order valence-electron chi connectivity index (χ3n) is 1.68. The SMILES string of the molecule is F[As-](F)(F)(F)(F)F.c1ccc([I+]c2ccccc2)cc1. The minimum absolute atomic E-state index is 0.0287. The molecule has 0 radical (unpaired) electrons. The van der Waals surface area contributed by atoms with Gasteiger partial charge in [-0.25, -0.2) is 0 Å². The molecule has 2 rings (SSSR count). The van der Waals surface area contributed by atoms with Gasteiger partial charge < -0.3 is 0 Å². The van der Waals surface area contributed by atoms with Crippen molar-refractivity contribution in [3.63, 3.8) is 0 Å². The van der Waals surface area contributed by atoms with Gasteiger partial charge >= 0.3 is 56.2 Å². The van der Waals surface area contributed by atoms with Crippen LogP contribution in [-0.2, 0) is 0 Å². The summed E-state index contributed by atoms with van der Waals surface area (Å²) in [4.78, 5) is 0. The first-order valence-corrected chi connectivity index (χ1v) is 11.6. The Labute approximate surface area is 123 Å². The van der Waals surface area contributed by atoms with E-state index in [9.17, 15) is 20.8 Å². The van der Waals surface area contributed by atoms with Crippen molar-refractivity contribution in [2.24, 2.45) is 0 Å². The Kier molecular flexibility index (Phi) is 4.86. The Bertz CT molecular complexity index is 489. The molecular weight excluding hydrogens is 460 g/mol. The third-order valence-corrected chi connectivity index (χ3v) is 4.37. The van der Waals surface area contributed by atoms with E-state index in [1.54, 1.807) is 0 Å². The van der Waals surface area contributed by atoms with Crippen molar-refractivity contribution in [1.29, 1.82) is 0 Å². The topological polar surface area (TPSA) is 0 Å². The second kappa shape index (κ2) is 5.60. The van der Waals surface area contributed by atoms with Crippen LogP contribution in [0.15, 0.2) is 60.7 Å². The minimum atomic E-state index is -11.1. The minimum Gasteiger partial charge on any atom is -0.0619 e. The zero-order valence-corrected chi connectivity index (χ0v) is 13.9. The summed E-state index contributed by atoms with van der Waals surface area (Å²) >= 11 is -11.0. The van der Waals surface area contributed by atoms with Gasteiger partial charge in [0.1, 0.15) is 0 Å². The van der Waals surface area contributed by atoms with Crippen LogP contribution in [0.25, 0.3) is 0 Å². The normalized spacial score (nSPS) is 14.5. The van der Waals surface area contributed by atoms with Crippen LogP contribution >= 0.6 is 0 Å². The van der Waals surface area contributed by atoms with Crippen LogP contribution in [0.5, 0.6) is 0 Å². The summed E-state index contributed by atoms with van der Waals surface area (Å²) in [7, 11) is 0. The molecule has 0 aliphatic heterocycles. The van der Waals surface area contributed by atoms with E-state index in [-0.39, 0.29) is 21.2 Å². The average molecular weight is 470 g/mol. The molecule has 0 saturated carbocycles. The van der Waals surface area contributed by atoms with E-state index < -0.39 is 14.2 Å². The summed E-state index contributed by atoms with van der Waals surface area (Å²) in [6.45, 7) is 0. The molecule has 2 aromatic carbocycles. The van der Waals surface area contributed by atoms with Gasteiger partial charge in [0.05, 0.1) is 0 Å². The summed E-state index contributed by atoms with van der Waals surface area (Å²) in [5.74, 6) is 0. The molecule has 0 aromatic heterocycles. The first kappa shape index (κ1) is 17.4. The fourth-order valence-corrected chi connectivity index (χ4v) is 3.35. The van der Waals surface area contributed by atoms with Crippen LogP contribution in [0, 0.1) is 7.14 Å². The first-order chi connectivity index (χ1) is 8.90. The Morgan fingerprint density at radius 2 is 0.800 bits per heavy atom. The molecule has 0 aliphatic carbocycles. The predicted octanol–water partition coefficient (Wildman–Crippen LogP) is 1.96. The molecule has 0 nitrogen and oxygen atoms in total. The molecule has 0 bridgehead atoms. The Morgan fingerprint density at radius 3 is 1.05 bits per heavy atom. The zero-order chi connectivity index (χ0) is 15.3. The summed E-state index contributed by atoms with van der Waals surface area (Å²) in [6.07, 6.45) is 0. The van der Waals surface area contributed by atoms with Gasteiger partial charge in [-0.3, -0.25) is 0 Å². The van der Waals surface area contributed by atoms with Crippen molar-refractivity contribution >= 4 is 14.2 Å². The van der Waals surface area contributed by atoms with Crippen LogP contribution < -0.4 is 21.2 Å². The predicted molar refractivity (Wildman–Crippen MR) is 62.7 cm³/mol. The van der Waals surface area contributed by atoms with Crippen molar-refractivity contribution in [3.05, 3.63) is 67.8 Å². The quantitative estimate of drug-likeness (QED) is 0.358. The summed E-state index contributed by atoms with van der Waals surface area (Å²) in [6, 6.07) is 21.4. The van der Waals surface area contributed by atoms with Gasteiger partial charge in [0.25, 0.3) is 0 Å². The van der Waals surface area contributed by atoms with Gasteiger partial charge in [-0.1, -0.05) is 36.4 Å². The van der Waals surface area contributed by atoms with Crippen molar-refractivity contribution in [1.82, 2.24) is 0 Å². The summed E-state index contributed by atoms with van der Waals surface area (Å²) in [5, 5.41) is 0. The second-order valence-corrected chi connectivity index (χ2v) is 10.7. The smallest absolute Gasteiger partial charge is 0.0619 e. The molecule has 0 spiro atoms. The number of hydrogen-bond acceptors (Lipinski definition) is 0. The number of hydrogen-bond donors (Lipinski definition) is 0. The zero-order valence-electron chi connectivity index (χ0n) is 9.87. The Hall–Kier alpha value is -0.692. The molecule has 0 heterocycles. The Balaban J connectivity index is 0.000000246. The van der Waals surface area contributed by atoms with Crippen LogP contribution in [-0.4, -0.2) is 14.2 Å². The molecule has 112 valence electrons. The van der Waals surface area contributed by atoms with Gasteiger partial charge in [0, 0.05) is 0 Å². The maximum absolute atomic E-state index is 11.1. The van der Waals surface area contributed by atoms with E-state index in [1.807, 2.05) is 0 Å². The molecular formula is C12H10AsF6I. The molecule has 0 atom stereocenters. The van der Waals surface area contributed by atoms with E-state index >= 15 is 0 Å². The van der Waals surface area contributed by atoms with Gasteiger partial charge in [-0.2, -0.15) is 0 Å². The van der Waals surface area contributed by atoms with E-state index in [1.165, 1.54) is 7.14 Å². The monoisotopic (exact) mass is 470 g/mol. The van der Waals surface area contributed by atoms with Crippen LogP contribution in [0.2, 0.25) is 0 Å². The average Bonchev–Trinajstić information content (AvgIpc) is 2.27. The molecule has 2 aromatic rings. The molecule has 0 fully saturated rings. The van der Waals surface area contributed by atoms with Crippen molar-refractivity contribution < 1.29 is 42.0 Å². The fourth-order valence-electron chi connectivity index (χ4n) is 1.08. The van der Waals surface area contributed by atoms with E-state index in [0.717, 1.165) is 0 Å². The number of halogens is 7. The summed E-state index contributed by atoms with van der Waals surface area (Å²) in [5.41, 5.74) is 0. The van der Waals surface area contributed by atoms with Crippen LogP contribution in [0.4, 0.5) is 20.8 Å². The van der Waals surface area contributed by atoms with Crippen molar-refractivity contribution in [2.45, 2.75) is 0 Å². The van der Waals surface area contributed by atoms with Gasteiger partial charge in [-0.05, 0) is 24.3 Å². The number of benzene rings is 2. The molecule has 0 saturated heterocycles. The fraction of sp³-hybridized carbons (Fsp3) is 0. The van der Waals surface area contributed by atoms with E-state index in [4.69, 9.17) is 0 Å². The van der Waals surface area contributed by atoms with Crippen molar-refractivity contribution in [3.8, 4) is 0 Å². The van der Waals surface area contributed by atoms with Crippen LogP contribution in [0.3, 0.4) is 0 Å². The summed E-state index contributed by atoms with van der Waals surface area (Å²) < 4.78 is 62.4. The standard InChI is InChI=1S/C12H10I.AsF6/c1-3-7-11(8-4-1)13-12-9-5-2-6-10-12;2-1(3,4,5,6)7/h1-10H;/q+1;-1. The van der Waals surface area contributed by atoms with Gasteiger partial charge in [0.2, 0.25) is 0 Å². The Morgan fingerprint density at radius 1 is 0.550 bits per heavy atom. The molecule has 8 heteroatoms. The van der Waals surface area contributed by atoms with Gasteiger partial charge in [0.15, 0.2) is 7.14 Å². The van der Waals surface area contributed by atoms with Crippen LogP contribution in [0.1, 0.15) is 0 Å². The first-order valence-electron chi connectivity index (χ1n) is 5.21. The molecule has 0 N–H and O–H groups in total. The molecule has 0 amide bonds. The third kappa shape index (κ3) is 12.3.